The molecule has 1 aromatic carbocycles. The predicted molar refractivity (Wildman–Crippen MR) is 93.8 cm³/mol. The fraction of sp³-hybridized carbons (Fsp3) is 0.600. The maximum atomic E-state index is 13.5. The number of aliphatic carboxylic acids is 1. The molecule has 1 aromatic rings. The predicted octanol–water partition coefficient (Wildman–Crippen LogP) is 2.50. The average Bonchev–Trinajstić information content (AvgIpc) is 3.39. The van der Waals surface area contributed by atoms with E-state index >= 15 is 0 Å². The van der Waals surface area contributed by atoms with Crippen molar-refractivity contribution in [2.75, 3.05) is 19.6 Å². The van der Waals surface area contributed by atoms with E-state index in [-0.39, 0.29) is 23.1 Å². The molecule has 2 saturated heterocycles. The van der Waals surface area contributed by atoms with Gasteiger partial charge in [-0.25, -0.2) is 4.39 Å². The molecule has 5 nitrogen and oxygen atoms in total. The molecule has 1 atom stereocenters. The number of carbonyl (C=O) groups is 2. The van der Waals surface area contributed by atoms with Crippen LogP contribution in [0.15, 0.2) is 24.3 Å². The molecule has 1 saturated carbocycles. The van der Waals surface area contributed by atoms with E-state index in [9.17, 15) is 19.1 Å². The Labute approximate surface area is 152 Å². The third-order valence-electron chi connectivity index (χ3n) is 6.23. The number of amides is 1. The van der Waals surface area contributed by atoms with Gasteiger partial charge in [0, 0.05) is 32.1 Å². The van der Waals surface area contributed by atoms with Crippen molar-refractivity contribution in [3.8, 4) is 0 Å². The summed E-state index contributed by atoms with van der Waals surface area (Å²) in [6, 6.07) is 5.83. The van der Waals surface area contributed by atoms with Gasteiger partial charge >= 0.3 is 5.97 Å². The van der Waals surface area contributed by atoms with Crippen molar-refractivity contribution in [3.63, 3.8) is 0 Å². The van der Waals surface area contributed by atoms with E-state index in [1.54, 1.807) is 6.07 Å². The molecule has 1 aliphatic carbocycles. The molecule has 1 spiro atoms. The highest BCUT2D eigenvalue weighted by Gasteiger charge is 2.49. The van der Waals surface area contributed by atoms with Crippen LogP contribution in [0.1, 0.15) is 37.7 Å². The van der Waals surface area contributed by atoms with Gasteiger partial charge in [-0.3, -0.25) is 14.5 Å². The number of likely N-dealkylation sites (tertiary alicyclic amines) is 2. The van der Waals surface area contributed by atoms with Crippen molar-refractivity contribution in [1.29, 1.82) is 0 Å². The third-order valence-corrected chi connectivity index (χ3v) is 6.23. The van der Waals surface area contributed by atoms with Gasteiger partial charge in [-0.2, -0.15) is 0 Å². The fourth-order valence-corrected chi connectivity index (χ4v) is 4.58. The Morgan fingerprint density at radius 1 is 1.23 bits per heavy atom. The normalized spacial score (nSPS) is 25.6. The standard InChI is InChI=1S/C20H25FN2O3/c21-16-3-1-2-14(10-16)12-23-13-20(11-17(23)19(25)26)6-8-22(9-7-20)18(24)15-4-5-15/h1-3,10,15,17H,4-9,11-13H2,(H,25,26). The summed E-state index contributed by atoms with van der Waals surface area (Å²) >= 11 is 0. The summed E-state index contributed by atoms with van der Waals surface area (Å²) in [4.78, 5) is 28.0. The number of carboxylic acid groups (broad SMARTS) is 1. The van der Waals surface area contributed by atoms with E-state index in [1.807, 2.05) is 15.9 Å². The second-order valence-electron chi connectivity index (χ2n) is 8.19. The third kappa shape index (κ3) is 3.47. The number of benzene rings is 1. The molecule has 0 radical (unpaired) electrons. The monoisotopic (exact) mass is 360 g/mol. The molecule has 1 N–H and O–H groups in total. The number of halogens is 1. The van der Waals surface area contributed by atoms with Gasteiger partial charge in [0.05, 0.1) is 0 Å². The Balaban J connectivity index is 1.44. The lowest BCUT2D eigenvalue weighted by Crippen LogP contribution is -2.44. The molecule has 26 heavy (non-hydrogen) atoms. The van der Waals surface area contributed by atoms with Crippen LogP contribution in [0.4, 0.5) is 4.39 Å². The van der Waals surface area contributed by atoms with Crippen LogP contribution in [-0.2, 0) is 16.1 Å². The zero-order chi connectivity index (χ0) is 18.3. The summed E-state index contributed by atoms with van der Waals surface area (Å²) in [5.41, 5.74) is 0.756. The van der Waals surface area contributed by atoms with Crippen molar-refractivity contribution >= 4 is 11.9 Å². The second-order valence-corrected chi connectivity index (χ2v) is 8.19. The van der Waals surface area contributed by atoms with Gasteiger partial charge in [0.2, 0.25) is 5.91 Å². The van der Waals surface area contributed by atoms with E-state index in [4.69, 9.17) is 0 Å². The highest BCUT2D eigenvalue weighted by atomic mass is 19.1. The summed E-state index contributed by atoms with van der Waals surface area (Å²) in [5, 5.41) is 9.67. The molecule has 0 bridgehead atoms. The van der Waals surface area contributed by atoms with Gasteiger partial charge < -0.3 is 10.0 Å². The van der Waals surface area contributed by atoms with Gasteiger partial charge in [0.25, 0.3) is 0 Å². The van der Waals surface area contributed by atoms with Crippen LogP contribution >= 0.6 is 0 Å². The molecule has 140 valence electrons. The zero-order valence-electron chi connectivity index (χ0n) is 14.9. The lowest BCUT2D eigenvalue weighted by Gasteiger charge is -2.39. The first kappa shape index (κ1) is 17.5. The molecule has 3 aliphatic rings. The second kappa shape index (κ2) is 6.65. The zero-order valence-corrected chi connectivity index (χ0v) is 14.9. The van der Waals surface area contributed by atoms with Gasteiger partial charge in [-0.15, -0.1) is 0 Å². The minimum atomic E-state index is -0.810. The SMILES string of the molecule is O=C(O)C1CC2(CCN(C(=O)C3CC3)CC2)CN1Cc1cccc(F)c1. The van der Waals surface area contributed by atoms with Crippen LogP contribution in [0.25, 0.3) is 0 Å². The molecule has 3 fully saturated rings. The smallest absolute Gasteiger partial charge is 0.320 e. The van der Waals surface area contributed by atoms with E-state index in [0.29, 0.717) is 19.5 Å². The summed E-state index contributed by atoms with van der Waals surface area (Å²) in [5.74, 6) is -0.585. The van der Waals surface area contributed by atoms with Gasteiger partial charge in [0.1, 0.15) is 11.9 Å². The fourth-order valence-electron chi connectivity index (χ4n) is 4.58. The molecule has 6 heteroatoms. The highest BCUT2D eigenvalue weighted by Crippen LogP contribution is 2.45. The number of hydrogen-bond donors (Lipinski definition) is 1. The summed E-state index contributed by atoms with van der Waals surface area (Å²) in [6.45, 7) is 2.61. The van der Waals surface area contributed by atoms with E-state index < -0.39 is 12.0 Å². The van der Waals surface area contributed by atoms with Crippen LogP contribution in [0.5, 0.6) is 0 Å². The van der Waals surface area contributed by atoms with Crippen molar-refractivity contribution in [3.05, 3.63) is 35.6 Å². The van der Waals surface area contributed by atoms with Gasteiger partial charge in [0.15, 0.2) is 0 Å². The summed E-state index contributed by atoms with van der Waals surface area (Å²) < 4.78 is 13.5. The Morgan fingerprint density at radius 2 is 1.96 bits per heavy atom. The number of nitrogens with zero attached hydrogens (tertiary/aromatic N) is 2. The Bertz CT molecular complexity index is 711. The number of piperidine rings is 1. The Morgan fingerprint density at radius 3 is 2.58 bits per heavy atom. The molecule has 2 heterocycles. The largest absolute Gasteiger partial charge is 0.480 e. The van der Waals surface area contributed by atoms with E-state index in [0.717, 1.165) is 44.3 Å². The molecular weight excluding hydrogens is 335 g/mol. The molecule has 2 aliphatic heterocycles. The van der Waals surface area contributed by atoms with E-state index in [1.165, 1.54) is 12.1 Å². The highest BCUT2D eigenvalue weighted by molar-refractivity contribution is 5.81. The summed E-state index contributed by atoms with van der Waals surface area (Å²) in [7, 11) is 0. The van der Waals surface area contributed by atoms with Crippen LogP contribution in [0, 0.1) is 17.2 Å². The first-order chi connectivity index (χ1) is 12.5. The number of rotatable bonds is 4. The first-order valence-electron chi connectivity index (χ1n) is 9.46. The van der Waals surface area contributed by atoms with Crippen molar-refractivity contribution in [2.45, 2.75) is 44.7 Å². The number of hydrogen-bond acceptors (Lipinski definition) is 3. The number of carbonyl (C=O) groups excluding carboxylic acids is 1. The van der Waals surface area contributed by atoms with E-state index in [2.05, 4.69) is 0 Å². The van der Waals surface area contributed by atoms with Crippen LogP contribution in [-0.4, -0.2) is 52.5 Å². The maximum Gasteiger partial charge on any atom is 0.320 e. The van der Waals surface area contributed by atoms with Crippen LogP contribution in [0.2, 0.25) is 0 Å². The quantitative estimate of drug-likeness (QED) is 0.896. The van der Waals surface area contributed by atoms with Gasteiger partial charge in [-0.05, 0) is 55.2 Å². The maximum absolute atomic E-state index is 13.5. The minimum Gasteiger partial charge on any atom is -0.480 e. The Kier molecular flexibility index (Phi) is 4.47. The molecular formula is C20H25FN2O3. The molecule has 1 unspecified atom stereocenters. The lowest BCUT2D eigenvalue weighted by atomic mass is 9.76. The molecule has 0 aromatic heterocycles. The molecule has 4 rings (SSSR count). The van der Waals surface area contributed by atoms with Gasteiger partial charge in [-0.1, -0.05) is 12.1 Å². The Hall–Kier alpha value is -1.95. The lowest BCUT2D eigenvalue weighted by molar-refractivity contribution is -0.142. The topological polar surface area (TPSA) is 60.9 Å². The van der Waals surface area contributed by atoms with Crippen molar-refractivity contribution in [2.24, 2.45) is 11.3 Å². The molecule has 1 amide bonds. The van der Waals surface area contributed by atoms with Crippen molar-refractivity contribution < 1.29 is 19.1 Å². The van der Waals surface area contributed by atoms with Crippen molar-refractivity contribution in [1.82, 2.24) is 9.80 Å². The van der Waals surface area contributed by atoms with Crippen LogP contribution in [0.3, 0.4) is 0 Å². The average molecular weight is 360 g/mol. The summed E-state index contributed by atoms with van der Waals surface area (Å²) in [6.07, 6.45) is 4.36. The minimum absolute atomic E-state index is 0.0449. The van der Waals surface area contributed by atoms with Crippen LogP contribution < -0.4 is 0 Å². The number of carboxylic acids is 1. The first-order valence-corrected chi connectivity index (χ1v) is 9.46.